The van der Waals surface area contributed by atoms with Crippen LogP contribution in [-0.4, -0.2) is 19.9 Å². The average Bonchev–Trinajstić information content (AvgIpc) is 3.85. The third kappa shape index (κ3) is 5.58. The first-order valence-corrected chi connectivity index (χ1v) is 20.2. The van der Waals surface area contributed by atoms with Gasteiger partial charge < -0.3 is 0 Å². The van der Waals surface area contributed by atoms with Crippen molar-refractivity contribution < 1.29 is 0 Å². The van der Waals surface area contributed by atoms with Crippen molar-refractivity contribution in [2.24, 2.45) is 0 Å². The van der Waals surface area contributed by atoms with Gasteiger partial charge in [0.2, 0.25) is 0 Å². The summed E-state index contributed by atoms with van der Waals surface area (Å²) in [7, 11) is 0. The number of fused-ring (bicyclic) bond motifs is 6. The molecule has 0 aliphatic rings. The van der Waals surface area contributed by atoms with Crippen molar-refractivity contribution in [3.05, 3.63) is 182 Å². The van der Waals surface area contributed by atoms with Crippen LogP contribution >= 0.6 is 22.7 Å². The number of hydrogen-bond donors (Lipinski definition) is 0. The van der Waals surface area contributed by atoms with Crippen LogP contribution in [0.25, 0.3) is 108 Å². The predicted molar refractivity (Wildman–Crippen MR) is 236 cm³/mol. The maximum atomic E-state index is 5.47. The molecule has 6 heteroatoms. The van der Waals surface area contributed by atoms with E-state index in [-0.39, 0.29) is 0 Å². The Kier molecular flexibility index (Phi) is 7.83. The van der Waals surface area contributed by atoms with Crippen LogP contribution in [-0.2, 0) is 0 Å². The minimum atomic E-state index is 0.691. The van der Waals surface area contributed by atoms with Crippen molar-refractivity contribution in [2.75, 3.05) is 0 Å². The van der Waals surface area contributed by atoms with E-state index in [0.29, 0.717) is 11.6 Å². The number of benzene rings is 7. The standard InChI is InChI=1S/C50H30N4S2/c1-3-15-31(16-4-1)33-19-13-21-35(29-33)49-51-43(47-45(53-49)39-25-9-11-27-41(39)55-47)37-23-7-8-24-38(37)44-48-46(40-26-10-12-28-42(40)56-48)54-50(52-44)36-22-14-20-34(30-36)32-17-5-2-6-18-32/h1-30H. The van der Waals surface area contributed by atoms with E-state index >= 15 is 0 Å². The molecule has 7 aromatic carbocycles. The number of aromatic nitrogens is 4. The minimum absolute atomic E-state index is 0.691. The number of hydrogen-bond acceptors (Lipinski definition) is 6. The highest BCUT2D eigenvalue weighted by Gasteiger charge is 2.23. The van der Waals surface area contributed by atoms with Crippen molar-refractivity contribution >= 4 is 63.3 Å². The Morgan fingerprint density at radius 3 is 1.14 bits per heavy atom. The Bertz CT molecular complexity index is 3040. The molecule has 56 heavy (non-hydrogen) atoms. The number of thiophene rings is 2. The summed E-state index contributed by atoms with van der Waals surface area (Å²) >= 11 is 3.49. The molecule has 4 nitrogen and oxygen atoms in total. The lowest BCUT2D eigenvalue weighted by molar-refractivity contribution is 1.23. The van der Waals surface area contributed by atoms with E-state index in [4.69, 9.17) is 19.9 Å². The van der Waals surface area contributed by atoms with Gasteiger partial charge in [0.25, 0.3) is 0 Å². The first-order valence-electron chi connectivity index (χ1n) is 18.6. The highest BCUT2D eigenvalue weighted by molar-refractivity contribution is 7.26. The lowest BCUT2D eigenvalue weighted by Crippen LogP contribution is -1.98. The van der Waals surface area contributed by atoms with Gasteiger partial charge in [-0.05, 0) is 46.5 Å². The fourth-order valence-corrected chi connectivity index (χ4v) is 9.93. The summed E-state index contributed by atoms with van der Waals surface area (Å²) in [6.07, 6.45) is 0. The Morgan fingerprint density at radius 2 is 0.679 bits per heavy atom. The predicted octanol–water partition coefficient (Wildman–Crippen LogP) is 14.0. The summed E-state index contributed by atoms with van der Waals surface area (Å²) in [4.78, 5) is 21.5. The summed E-state index contributed by atoms with van der Waals surface area (Å²) in [5.74, 6) is 1.38. The van der Waals surface area contributed by atoms with Gasteiger partial charge >= 0.3 is 0 Å². The van der Waals surface area contributed by atoms with Crippen LogP contribution < -0.4 is 0 Å². The van der Waals surface area contributed by atoms with E-state index in [1.165, 1.54) is 9.40 Å². The fraction of sp³-hybridized carbons (Fsp3) is 0. The normalized spacial score (nSPS) is 11.6. The van der Waals surface area contributed by atoms with E-state index in [1.54, 1.807) is 22.7 Å². The lowest BCUT2D eigenvalue weighted by Gasteiger charge is -2.14. The minimum Gasteiger partial charge on any atom is -0.226 e. The molecule has 0 spiro atoms. The molecule has 0 radical (unpaired) electrons. The van der Waals surface area contributed by atoms with Gasteiger partial charge in [0.15, 0.2) is 11.6 Å². The van der Waals surface area contributed by atoms with Gasteiger partial charge in [-0.3, -0.25) is 0 Å². The van der Waals surface area contributed by atoms with Crippen molar-refractivity contribution in [3.63, 3.8) is 0 Å². The first-order chi connectivity index (χ1) is 27.7. The number of rotatable bonds is 6. The van der Waals surface area contributed by atoms with Crippen LogP contribution in [0.4, 0.5) is 0 Å². The zero-order valence-electron chi connectivity index (χ0n) is 29.9. The number of nitrogens with zero attached hydrogens (tertiary/aromatic N) is 4. The molecule has 0 aliphatic heterocycles. The molecule has 0 amide bonds. The topological polar surface area (TPSA) is 51.6 Å². The second-order valence-corrected chi connectivity index (χ2v) is 15.9. The summed E-state index contributed by atoms with van der Waals surface area (Å²) in [6, 6.07) is 63.7. The molecule has 11 rings (SSSR count). The van der Waals surface area contributed by atoms with Crippen molar-refractivity contribution in [3.8, 4) is 67.5 Å². The third-order valence-corrected chi connectivity index (χ3v) is 12.7. The molecular formula is C50H30N4S2. The Morgan fingerprint density at radius 1 is 0.304 bits per heavy atom. The summed E-state index contributed by atoms with van der Waals surface area (Å²) in [6.45, 7) is 0. The van der Waals surface area contributed by atoms with E-state index in [2.05, 4.69) is 170 Å². The molecule has 0 unspecified atom stereocenters. The monoisotopic (exact) mass is 750 g/mol. The highest BCUT2D eigenvalue weighted by Crippen LogP contribution is 2.45. The largest absolute Gasteiger partial charge is 0.226 e. The molecule has 0 fully saturated rings. The van der Waals surface area contributed by atoms with Crippen molar-refractivity contribution in [1.29, 1.82) is 0 Å². The lowest BCUT2D eigenvalue weighted by atomic mass is 9.99. The molecule has 0 aliphatic carbocycles. The van der Waals surface area contributed by atoms with Crippen molar-refractivity contribution in [1.82, 2.24) is 19.9 Å². The van der Waals surface area contributed by atoms with Gasteiger partial charge in [-0.1, -0.05) is 158 Å². The molecule has 262 valence electrons. The van der Waals surface area contributed by atoms with Crippen LogP contribution in [0.15, 0.2) is 182 Å². The maximum Gasteiger partial charge on any atom is 0.160 e. The zero-order chi connectivity index (χ0) is 37.0. The summed E-state index contributed by atoms with van der Waals surface area (Å²) in [5, 5.41) is 2.26. The molecule has 0 saturated heterocycles. The van der Waals surface area contributed by atoms with E-state index in [9.17, 15) is 0 Å². The molecule has 0 bridgehead atoms. The first kappa shape index (κ1) is 32.6. The smallest absolute Gasteiger partial charge is 0.160 e. The second kappa shape index (κ2) is 13.5. The SMILES string of the molecule is c1ccc(-c2cccc(-c3nc(-c4ccccc4-c4nc(-c5cccc(-c6ccccc6)c5)nc5c4sc4ccccc45)c4sc5ccccc5c4n3)c2)cc1. The molecule has 0 N–H and O–H groups in total. The average molecular weight is 751 g/mol. The Balaban J connectivity index is 1.16. The van der Waals surface area contributed by atoms with Gasteiger partial charge in [-0.2, -0.15) is 0 Å². The Hall–Kier alpha value is -6.86. The summed E-state index contributed by atoms with van der Waals surface area (Å²) < 4.78 is 4.47. The van der Waals surface area contributed by atoms with Crippen LogP contribution in [0, 0.1) is 0 Å². The molecule has 4 heterocycles. The van der Waals surface area contributed by atoms with Crippen LogP contribution in [0.2, 0.25) is 0 Å². The zero-order valence-corrected chi connectivity index (χ0v) is 31.6. The highest BCUT2D eigenvalue weighted by atomic mass is 32.1. The molecule has 4 aromatic heterocycles. The van der Waals surface area contributed by atoms with Gasteiger partial charge in [0, 0.05) is 42.4 Å². The van der Waals surface area contributed by atoms with Gasteiger partial charge in [0.1, 0.15) is 0 Å². The van der Waals surface area contributed by atoms with Crippen LogP contribution in [0.1, 0.15) is 0 Å². The van der Waals surface area contributed by atoms with E-state index < -0.39 is 0 Å². The Labute approximate surface area is 331 Å². The summed E-state index contributed by atoms with van der Waals surface area (Å²) in [5.41, 5.74) is 12.2. The van der Waals surface area contributed by atoms with E-state index in [0.717, 1.165) is 87.1 Å². The molecular weight excluding hydrogens is 721 g/mol. The van der Waals surface area contributed by atoms with Gasteiger partial charge in [0.05, 0.1) is 31.8 Å². The molecule has 11 aromatic rings. The fourth-order valence-electron chi connectivity index (χ4n) is 7.64. The molecule has 0 atom stereocenters. The maximum absolute atomic E-state index is 5.47. The second-order valence-electron chi connectivity index (χ2n) is 13.8. The van der Waals surface area contributed by atoms with Crippen LogP contribution in [0.3, 0.4) is 0 Å². The van der Waals surface area contributed by atoms with E-state index in [1.807, 2.05) is 12.1 Å². The quantitative estimate of drug-likeness (QED) is 0.170. The molecule has 0 saturated carbocycles. The third-order valence-electron chi connectivity index (χ3n) is 10.3. The van der Waals surface area contributed by atoms with Crippen LogP contribution in [0.5, 0.6) is 0 Å². The van der Waals surface area contributed by atoms with Gasteiger partial charge in [-0.25, -0.2) is 19.9 Å². The van der Waals surface area contributed by atoms with Gasteiger partial charge in [-0.15, -0.1) is 22.7 Å². The van der Waals surface area contributed by atoms with Crippen molar-refractivity contribution in [2.45, 2.75) is 0 Å².